The molecule has 1 fully saturated rings. The van der Waals surface area contributed by atoms with Crippen molar-refractivity contribution in [2.75, 3.05) is 25.0 Å². The molecule has 1 atom stereocenters. The molecule has 0 spiro atoms. The molecule has 0 radical (unpaired) electrons. The van der Waals surface area contributed by atoms with Crippen molar-refractivity contribution < 1.29 is 9.59 Å². The number of amides is 2. The van der Waals surface area contributed by atoms with Crippen LogP contribution in [0.4, 0.5) is 5.69 Å². The van der Waals surface area contributed by atoms with Gasteiger partial charge in [0.1, 0.15) is 0 Å². The molecule has 0 aliphatic carbocycles. The van der Waals surface area contributed by atoms with Crippen molar-refractivity contribution in [1.82, 2.24) is 9.80 Å². The zero-order chi connectivity index (χ0) is 19.1. The van der Waals surface area contributed by atoms with Gasteiger partial charge in [-0.05, 0) is 43.6 Å². The molecule has 0 aromatic heterocycles. The normalized spacial score (nSPS) is 17.4. The molecule has 1 unspecified atom stereocenters. The number of hydrogen-bond acceptors (Lipinski definition) is 3. The lowest BCUT2D eigenvalue weighted by Gasteiger charge is -2.26. The maximum absolute atomic E-state index is 12.7. The molecule has 1 aliphatic heterocycles. The van der Waals surface area contributed by atoms with Crippen LogP contribution in [0.15, 0.2) is 24.3 Å². The van der Waals surface area contributed by atoms with E-state index in [0.717, 1.165) is 38.2 Å². The Morgan fingerprint density at radius 3 is 2.54 bits per heavy atom. The lowest BCUT2D eigenvalue weighted by atomic mass is 10.1. The summed E-state index contributed by atoms with van der Waals surface area (Å²) in [5, 5.41) is 3.01. The monoisotopic (exact) mass is 359 g/mol. The predicted molar refractivity (Wildman–Crippen MR) is 106 cm³/mol. The topological polar surface area (TPSA) is 52.7 Å². The molecule has 2 rings (SSSR count). The summed E-state index contributed by atoms with van der Waals surface area (Å²) in [6.07, 6.45) is 2.19. The molecule has 5 nitrogen and oxygen atoms in total. The Kier molecular flexibility index (Phi) is 7.64. The molecule has 1 aromatic carbocycles. The van der Waals surface area contributed by atoms with Crippen molar-refractivity contribution in [3.63, 3.8) is 0 Å². The summed E-state index contributed by atoms with van der Waals surface area (Å²) in [7, 11) is 0. The summed E-state index contributed by atoms with van der Waals surface area (Å²) in [5.74, 6) is -0.199. The van der Waals surface area contributed by atoms with E-state index in [4.69, 9.17) is 0 Å². The van der Waals surface area contributed by atoms with Crippen LogP contribution in [0.2, 0.25) is 0 Å². The third-order valence-electron chi connectivity index (χ3n) is 5.41. The second-order valence-corrected chi connectivity index (χ2v) is 7.07. The smallest absolute Gasteiger partial charge is 0.229 e. The van der Waals surface area contributed by atoms with Crippen molar-refractivity contribution in [2.24, 2.45) is 5.92 Å². The Labute approximate surface area is 157 Å². The second-order valence-electron chi connectivity index (χ2n) is 7.07. The molecule has 1 aromatic rings. The van der Waals surface area contributed by atoms with Crippen LogP contribution >= 0.6 is 0 Å². The van der Waals surface area contributed by atoms with Crippen molar-refractivity contribution in [2.45, 2.75) is 59.5 Å². The molecule has 144 valence electrons. The Hall–Kier alpha value is -1.88. The summed E-state index contributed by atoms with van der Waals surface area (Å²) in [5.41, 5.74) is 2.00. The van der Waals surface area contributed by atoms with Gasteiger partial charge in [0.15, 0.2) is 0 Å². The highest BCUT2D eigenvalue weighted by atomic mass is 16.2. The minimum Gasteiger partial charge on any atom is -0.339 e. The quantitative estimate of drug-likeness (QED) is 0.734. The third-order valence-corrected chi connectivity index (χ3v) is 5.41. The Balaban J connectivity index is 1.99. The number of benzene rings is 1. The largest absolute Gasteiger partial charge is 0.339 e. The average molecular weight is 360 g/mol. The van der Waals surface area contributed by atoms with Gasteiger partial charge in [-0.25, -0.2) is 0 Å². The standard InChI is InChI=1S/C21H33N3O2/c1-5-19(6-2)24-15-17(13-20(24)25)21(26)22-18-11-9-10-16(12-18)14-23(7-3)8-4/h9-12,17,19H,5-8,13-15H2,1-4H3,(H,22,26). The highest BCUT2D eigenvalue weighted by Gasteiger charge is 2.36. The van der Waals surface area contributed by atoms with Gasteiger partial charge < -0.3 is 10.2 Å². The number of carbonyl (C=O) groups is 2. The van der Waals surface area contributed by atoms with Gasteiger partial charge in [0.2, 0.25) is 11.8 Å². The SMILES string of the molecule is CCC(CC)N1CC(C(=O)Nc2cccc(CN(CC)CC)c2)CC1=O. The first-order chi connectivity index (χ1) is 12.5. The van der Waals surface area contributed by atoms with Crippen LogP contribution in [0.25, 0.3) is 0 Å². The summed E-state index contributed by atoms with van der Waals surface area (Å²) >= 11 is 0. The molecule has 0 bridgehead atoms. The molecule has 1 N–H and O–H groups in total. The van der Waals surface area contributed by atoms with Gasteiger partial charge in [-0.3, -0.25) is 14.5 Å². The molecular formula is C21H33N3O2. The lowest BCUT2D eigenvalue weighted by molar-refractivity contribution is -0.130. The molecule has 2 amide bonds. The number of carbonyl (C=O) groups excluding carboxylic acids is 2. The molecule has 5 heteroatoms. The van der Waals surface area contributed by atoms with E-state index in [9.17, 15) is 9.59 Å². The van der Waals surface area contributed by atoms with E-state index in [0.29, 0.717) is 13.0 Å². The summed E-state index contributed by atoms with van der Waals surface area (Å²) < 4.78 is 0. The lowest BCUT2D eigenvalue weighted by Crippen LogP contribution is -2.36. The van der Waals surface area contributed by atoms with Gasteiger partial charge in [-0.15, -0.1) is 0 Å². The highest BCUT2D eigenvalue weighted by Crippen LogP contribution is 2.24. The van der Waals surface area contributed by atoms with Crippen molar-refractivity contribution in [1.29, 1.82) is 0 Å². The average Bonchev–Trinajstić information content (AvgIpc) is 3.03. The van der Waals surface area contributed by atoms with Gasteiger partial charge in [0.25, 0.3) is 0 Å². The minimum atomic E-state index is -0.255. The van der Waals surface area contributed by atoms with E-state index in [1.165, 1.54) is 5.56 Å². The van der Waals surface area contributed by atoms with Crippen LogP contribution < -0.4 is 5.32 Å². The van der Waals surface area contributed by atoms with Crippen molar-refractivity contribution >= 4 is 17.5 Å². The van der Waals surface area contributed by atoms with E-state index < -0.39 is 0 Å². The van der Waals surface area contributed by atoms with Gasteiger partial charge in [0.05, 0.1) is 5.92 Å². The fourth-order valence-corrected chi connectivity index (χ4v) is 3.69. The van der Waals surface area contributed by atoms with Gasteiger partial charge in [-0.1, -0.05) is 39.8 Å². The summed E-state index contributed by atoms with van der Waals surface area (Å²) in [6.45, 7) is 11.9. The molecule has 26 heavy (non-hydrogen) atoms. The molecule has 1 aliphatic rings. The summed E-state index contributed by atoms with van der Waals surface area (Å²) in [4.78, 5) is 29.2. The van der Waals surface area contributed by atoms with Crippen LogP contribution in [0.3, 0.4) is 0 Å². The van der Waals surface area contributed by atoms with Crippen LogP contribution in [0, 0.1) is 5.92 Å². The Morgan fingerprint density at radius 2 is 1.92 bits per heavy atom. The maximum atomic E-state index is 12.7. The maximum Gasteiger partial charge on any atom is 0.229 e. The molecule has 0 saturated carbocycles. The Bertz CT molecular complexity index is 609. The number of anilines is 1. The zero-order valence-electron chi connectivity index (χ0n) is 16.6. The van der Waals surface area contributed by atoms with Crippen molar-refractivity contribution in [3.05, 3.63) is 29.8 Å². The number of hydrogen-bond donors (Lipinski definition) is 1. The van der Waals surface area contributed by atoms with Gasteiger partial charge in [-0.2, -0.15) is 0 Å². The van der Waals surface area contributed by atoms with E-state index in [2.05, 4.69) is 44.0 Å². The van der Waals surface area contributed by atoms with E-state index in [1.54, 1.807) is 0 Å². The van der Waals surface area contributed by atoms with E-state index in [-0.39, 0.29) is 23.8 Å². The van der Waals surface area contributed by atoms with E-state index in [1.807, 2.05) is 23.1 Å². The minimum absolute atomic E-state index is 0.0493. The van der Waals surface area contributed by atoms with Crippen molar-refractivity contribution in [3.8, 4) is 0 Å². The predicted octanol–water partition coefficient (Wildman–Crippen LogP) is 3.50. The highest BCUT2D eigenvalue weighted by molar-refractivity contribution is 5.97. The van der Waals surface area contributed by atoms with Crippen LogP contribution in [-0.4, -0.2) is 47.3 Å². The number of rotatable bonds is 9. The molecule has 1 heterocycles. The fourth-order valence-electron chi connectivity index (χ4n) is 3.69. The van der Waals surface area contributed by atoms with Crippen LogP contribution in [0.1, 0.15) is 52.5 Å². The second kappa shape index (κ2) is 9.72. The third kappa shape index (κ3) is 5.07. The fraction of sp³-hybridized carbons (Fsp3) is 0.619. The zero-order valence-corrected chi connectivity index (χ0v) is 16.6. The van der Waals surface area contributed by atoms with E-state index >= 15 is 0 Å². The number of likely N-dealkylation sites (tertiary alicyclic amines) is 1. The molecule has 1 saturated heterocycles. The first-order valence-electron chi connectivity index (χ1n) is 9.93. The Morgan fingerprint density at radius 1 is 1.23 bits per heavy atom. The first-order valence-corrected chi connectivity index (χ1v) is 9.93. The van der Waals surface area contributed by atoms with Gasteiger partial charge >= 0.3 is 0 Å². The van der Waals surface area contributed by atoms with Crippen LogP contribution in [-0.2, 0) is 16.1 Å². The number of nitrogens with zero attached hydrogens (tertiary/aromatic N) is 2. The first kappa shape index (κ1) is 20.4. The molecular weight excluding hydrogens is 326 g/mol. The summed E-state index contributed by atoms with van der Waals surface area (Å²) in [6, 6.07) is 8.26. The van der Waals surface area contributed by atoms with Crippen LogP contribution in [0.5, 0.6) is 0 Å². The van der Waals surface area contributed by atoms with Gasteiger partial charge in [0, 0.05) is 31.2 Å². The number of nitrogens with one attached hydrogen (secondary N) is 1.